The van der Waals surface area contributed by atoms with Crippen LogP contribution in [0.5, 0.6) is 17.2 Å². The monoisotopic (exact) mass is 466 g/mol. The van der Waals surface area contributed by atoms with Crippen LogP contribution in [-0.2, 0) is 6.54 Å². The van der Waals surface area contributed by atoms with Gasteiger partial charge in [0.05, 0.1) is 33.6 Å². The Morgan fingerprint density at radius 1 is 1.03 bits per heavy atom. The highest BCUT2D eigenvalue weighted by Gasteiger charge is 2.17. The first-order chi connectivity index (χ1) is 15.9. The molecule has 0 fully saturated rings. The van der Waals surface area contributed by atoms with E-state index < -0.39 is 0 Å². The summed E-state index contributed by atoms with van der Waals surface area (Å²) in [4.78, 5) is 30.2. The number of ether oxygens (including phenoxy) is 3. The number of amides is 1. The number of benzene rings is 2. The van der Waals surface area contributed by atoms with Crippen molar-refractivity contribution in [3.05, 3.63) is 69.6 Å². The van der Waals surface area contributed by atoms with Crippen LogP contribution < -0.4 is 25.1 Å². The number of fused-ring (bicyclic) bond motifs is 1. The maximum atomic E-state index is 12.7. The van der Waals surface area contributed by atoms with Crippen molar-refractivity contribution in [2.45, 2.75) is 13.5 Å². The van der Waals surface area contributed by atoms with Gasteiger partial charge in [-0.2, -0.15) is 9.61 Å². The normalized spacial score (nSPS) is 10.8. The van der Waals surface area contributed by atoms with Gasteiger partial charge in [-0.15, -0.1) is 0 Å². The highest BCUT2D eigenvalue weighted by atomic mass is 32.1. The van der Waals surface area contributed by atoms with Gasteiger partial charge in [0.25, 0.3) is 11.5 Å². The summed E-state index contributed by atoms with van der Waals surface area (Å²) in [5.74, 6) is 0.758. The minimum Gasteiger partial charge on any atom is -0.493 e. The third-order valence-corrected chi connectivity index (χ3v) is 5.91. The van der Waals surface area contributed by atoms with E-state index in [1.165, 1.54) is 43.2 Å². The highest BCUT2D eigenvalue weighted by Crippen LogP contribution is 2.38. The molecule has 0 unspecified atom stereocenters. The number of carbonyl (C=O) groups excluding carboxylic acids is 1. The maximum Gasteiger partial charge on any atom is 0.275 e. The van der Waals surface area contributed by atoms with E-state index in [0.717, 1.165) is 11.1 Å². The van der Waals surface area contributed by atoms with Crippen LogP contribution in [0.3, 0.4) is 0 Å². The minimum absolute atomic E-state index is 0.0685. The van der Waals surface area contributed by atoms with E-state index in [1.54, 1.807) is 12.1 Å². The summed E-state index contributed by atoms with van der Waals surface area (Å²) in [5.41, 5.74) is 2.49. The van der Waals surface area contributed by atoms with E-state index in [9.17, 15) is 9.59 Å². The zero-order valence-electron chi connectivity index (χ0n) is 18.5. The fraction of sp³-hybridized carbons (Fsp3) is 0.217. The van der Waals surface area contributed by atoms with Crippen LogP contribution in [0.1, 0.15) is 21.6 Å². The van der Waals surface area contributed by atoms with Crippen LogP contribution in [0.2, 0.25) is 0 Å². The van der Waals surface area contributed by atoms with E-state index in [0.29, 0.717) is 38.5 Å². The summed E-state index contributed by atoms with van der Waals surface area (Å²) < 4.78 is 17.1. The Hall–Kier alpha value is -3.92. The van der Waals surface area contributed by atoms with Gasteiger partial charge in [-0.25, -0.2) is 4.98 Å². The minimum atomic E-state index is -0.374. The molecule has 2 aromatic carbocycles. The van der Waals surface area contributed by atoms with Gasteiger partial charge in [0.2, 0.25) is 10.7 Å². The number of carbonyl (C=O) groups is 1. The Labute approximate surface area is 193 Å². The standard InChI is InChI=1S/C23H22N4O5S/c1-13-5-7-14(8-6-13)22-26-27-19(28)11-16(25-23(27)33-22)12-24-21(29)15-9-17(30-2)20(32-4)18(10-15)31-3/h5-11H,12H2,1-4H3,(H,24,29). The second kappa shape index (κ2) is 9.29. The predicted octanol–water partition coefficient (Wildman–Crippen LogP) is 3.08. The van der Waals surface area contributed by atoms with Crippen molar-refractivity contribution in [2.24, 2.45) is 0 Å². The Bertz CT molecular complexity index is 1350. The number of aromatic nitrogens is 3. The number of aryl methyl sites for hydroxylation is 1. The summed E-state index contributed by atoms with van der Waals surface area (Å²) in [6.45, 7) is 2.08. The molecule has 0 aliphatic heterocycles. The molecule has 0 spiro atoms. The molecule has 1 amide bonds. The fourth-order valence-corrected chi connectivity index (χ4v) is 4.17. The lowest BCUT2D eigenvalue weighted by Crippen LogP contribution is -2.25. The summed E-state index contributed by atoms with van der Waals surface area (Å²) in [6.07, 6.45) is 0. The number of rotatable bonds is 7. The highest BCUT2D eigenvalue weighted by molar-refractivity contribution is 7.19. The first kappa shape index (κ1) is 22.3. The molecule has 0 atom stereocenters. The molecule has 170 valence electrons. The van der Waals surface area contributed by atoms with Crippen molar-refractivity contribution < 1.29 is 19.0 Å². The van der Waals surface area contributed by atoms with E-state index >= 15 is 0 Å². The Morgan fingerprint density at radius 3 is 2.30 bits per heavy atom. The van der Waals surface area contributed by atoms with Gasteiger partial charge in [-0.3, -0.25) is 9.59 Å². The molecule has 0 radical (unpaired) electrons. The first-order valence-electron chi connectivity index (χ1n) is 9.98. The SMILES string of the molecule is COc1cc(C(=O)NCc2cc(=O)n3nc(-c4ccc(C)cc4)sc3n2)cc(OC)c1OC. The average Bonchev–Trinajstić information content (AvgIpc) is 3.26. The molecule has 9 nitrogen and oxygen atoms in total. The van der Waals surface area contributed by atoms with E-state index in [2.05, 4.69) is 15.4 Å². The van der Waals surface area contributed by atoms with Crippen LogP contribution >= 0.6 is 11.3 Å². The Morgan fingerprint density at radius 2 is 1.70 bits per heavy atom. The lowest BCUT2D eigenvalue weighted by Gasteiger charge is -2.14. The van der Waals surface area contributed by atoms with Crippen molar-refractivity contribution in [1.82, 2.24) is 19.9 Å². The van der Waals surface area contributed by atoms with Crippen molar-refractivity contribution in [3.8, 4) is 27.8 Å². The summed E-state index contributed by atoms with van der Waals surface area (Å²) in [7, 11) is 4.45. The Kier molecular flexibility index (Phi) is 6.27. The molecule has 33 heavy (non-hydrogen) atoms. The fourth-order valence-electron chi connectivity index (χ4n) is 3.24. The molecule has 4 aromatic rings. The smallest absolute Gasteiger partial charge is 0.275 e. The number of hydrogen-bond acceptors (Lipinski definition) is 8. The van der Waals surface area contributed by atoms with Gasteiger partial charge >= 0.3 is 0 Å². The molecule has 0 saturated carbocycles. The van der Waals surface area contributed by atoms with Crippen LogP contribution in [0.4, 0.5) is 0 Å². The van der Waals surface area contributed by atoms with Gasteiger partial charge in [0.15, 0.2) is 11.5 Å². The molecule has 4 rings (SSSR count). The molecule has 0 saturated heterocycles. The summed E-state index contributed by atoms with van der Waals surface area (Å²) in [5, 5.41) is 7.85. The molecule has 10 heteroatoms. The molecule has 0 bridgehead atoms. The van der Waals surface area contributed by atoms with Gasteiger partial charge in [0.1, 0.15) is 5.01 Å². The average molecular weight is 467 g/mol. The van der Waals surface area contributed by atoms with E-state index in [1.807, 2.05) is 31.2 Å². The van der Waals surface area contributed by atoms with Crippen LogP contribution in [0.25, 0.3) is 15.5 Å². The molecule has 0 aliphatic carbocycles. The Balaban J connectivity index is 1.56. The van der Waals surface area contributed by atoms with E-state index in [-0.39, 0.29) is 18.0 Å². The maximum absolute atomic E-state index is 12.7. The number of nitrogens with one attached hydrogen (secondary N) is 1. The first-order valence-corrected chi connectivity index (χ1v) is 10.8. The molecule has 1 N–H and O–H groups in total. The van der Waals surface area contributed by atoms with Gasteiger partial charge in [-0.05, 0) is 19.1 Å². The topological polar surface area (TPSA) is 104 Å². The second-order valence-electron chi connectivity index (χ2n) is 7.15. The lowest BCUT2D eigenvalue weighted by atomic mass is 10.1. The predicted molar refractivity (Wildman–Crippen MR) is 125 cm³/mol. The quantitative estimate of drug-likeness (QED) is 0.446. The number of nitrogens with zero attached hydrogens (tertiary/aromatic N) is 3. The van der Waals surface area contributed by atoms with Crippen molar-refractivity contribution in [3.63, 3.8) is 0 Å². The number of hydrogen-bond donors (Lipinski definition) is 1. The van der Waals surface area contributed by atoms with Crippen LogP contribution in [0, 0.1) is 6.92 Å². The molecule has 2 aromatic heterocycles. The third kappa shape index (κ3) is 4.51. The van der Waals surface area contributed by atoms with Gasteiger partial charge in [-0.1, -0.05) is 41.2 Å². The second-order valence-corrected chi connectivity index (χ2v) is 8.11. The van der Waals surface area contributed by atoms with E-state index in [4.69, 9.17) is 14.2 Å². The summed E-state index contributed by atoms with van der Waals surface area (Å²) >= 11 is 1.31. The van der Waals surface area contributed by atoms with Crippen molar-refractivity contribution >= 4 is 22.2 Å². The van der Waals surface area contributed by atoms with Gasteiger partial charge in [0, 0.05) is 17.2 Å². The third-order valence-electron chi connectivity index (χ3n) is 4.95. The van der Waals surface area contributed by atoms with Crippen molar-refractivity contribution in [1.29, 1.82) is 0 Å². The summed E-state index contributed by atoms with van der Waals surface area (Å²) in [6, 6.07) is 12.4. The largest absolute Gasteiger partial charge is 0.493 e. The van der Waals surface area contributed by atoms with Gasteiger partial charge < -0.3 is 19.5 Å². The molecular weight excluding hydrogens is 444 g/mol. The van der Waals surface area contributed by atoms with Crippen LogP contribution in [-0.4, -0.2) is 41.8 Å². The zero-order chi connectivity index (χ0) is 23.5. The van der Waals surface area contributed by atoms with Crippen molar-refractivity contribution in [2.75, 3.05) is 21.3 Å². The molecule has 0 aliphatic rings. The number of methoxy groups -OCH3 is 3. The molecule has 2 heterocycles. The molecular formula is C23H22N4O5S. The van der Waals surface area contributed by atoms with Crippen LogP contribution in [0.15, 0.2) is 47.3 Å². The zero-order valence-corrected chi connectivity index (χ0v) is 19.4. The lowest BCUT2D eigenvalue weighted by molar-refractivity contribution is 0.0949.